The molecule has 10 nitrogen and oxygen atoms in total. The predicted molar refractivity (Wildman–Crippen MR) is 128 cm³/mol. The minimum Gasteiger partial charge on any atom is -0.481 e. The maximum absolute atomic E-state index is 12.7. The first kappa shape index (κ1) is 29.0. The Labute approximate surface area is 203 Å². The van der Waals surface area contributed by atoms with Gasteiger partial charge in [0.05, 0.1) is 6.04 Å². The molecule has 1 aromatic rings. The molecule has 0 heterocycles. The van der Waals surface area contributed by atoms with Crippen molar-refractivity contribution in [3.8, 4) is 0 Å². The molecular formula is C23H33N3O7S. The highest BCUT2D eigenvalue weighted by Crippen LogP contribution is 2.17. The number of amides is 3. The summed E-state index contributed by atoms with van der Waals surface area (Å²) in [4.78, 5) is 60.4. The molecule has 1 rings (SSSR count). The molecule has 3 atom stereocenters. The van der Waals surface area contributed by atoms with E-state index in [1.807, 2.05) is 30.3 Å². The van der Waals surface area contributed by atoms with Gasteiger partial charge in [-0.05, 0) is 46.6 Å². The van der Waals surface area contributed by atoms with Gasteiger partial charge in [0.25, 0.3) is 0 Å². The number of hydrogen-bond acceptors (Lipinski definition) is 7. The fourth-order valence-corrected chi connectivity index (χ4v) is 3.48. The summed E-state index contributed by atoms with van der Waals surface area (Å²) in [6.07, 6.45) is -1.17. The van der Waals surface area contributed by atoms with Gasteiger partial charge in [0.2, 0.25) is 16.9 Å². The average molecular weight is 496 g/mol. The minimum atomic E-state index is -1.09. The largest absolute Gasteiger partial charge is 0.481 e. The van der Waals surface area contributed by atoms with Crippen LogP contribution in [0.2, 0.25) is 0 Å². The Hall–Kier alpha value is -3.08. The molecule has 0 aliphatic rings. The van der Waals surface area contributed by atoms with Crippen LogP contribution in [-0.2, 0) is 29.7 Å². The molecule has 0 aliphatic heterocycles. The van der Waals surface area contributed by atoms with Gasteiger partial charge in [-0.15, -0.1) is 0 Å². The number of hydrogen-bond donors (Lipinski definition) is 4. The number of alkyl carbamates (subject to hydrolysis) is 1. The number of rotatable bonds is 11. The van der Waals surface area contributed by atoms with E-state index < -0.39 is 47.6 Å². The molecule has 34 heavy (non-hydrogen) atoms. The van der Waals surface area contributed by atoms with Crippen LogP contribution in [0, 0.1) is 0 Å². The van der Waals surface area contributed by atoms with Gasteiger partial charge in [0.1, 0.15) is 17.7 Å². The molecule has 3 amide bonds. The van der Waals surface area contributed by atoms with Crippen molar-refractivity contribution in [2.75, 3.05) is 0 Å². The number of carbonyl (C=O) groups excluding carboxylic acids is 4. The van der Waals surface area contributed by atoms with Crippen molar-refractivity contribution in [1.29, 1.82) is 0 Å². The van der Waals surface area contributed by atoms with Crippen molar-refractivity contribution in [3.05, 3.63) is 35.9 Å². The van der Waals surface area contributed by atoms with E-state index in [0.29, 0.717) is 5.75 Å². The first-order chi connectivity index (χ1) is 15.8. The normalized spacial score (nSPS) is 13.7. The van der Waals surface area contributed by atoms with Crippen LogP contribution >= 0.6 is 11.8 Å². The lowest BCUT2D eigenvalue weighted by atomic mass is 10.1. The van der Waals surface area contributed by atoms with Crippen molar-refractivity contribution in [2.45, 2.75) is 76.9 Å². The first-order valence-electron chi connectivity index (χ1n) is 10.8. The number of thioether (sulfide) groups is 1. The van der Waals surface area contributed by atoms with E-state index >= 15 is 0 Å². The predicted octanol–water partition coefficient (Wildman–Crippen LogP) is 2.21. The van der Waals surface area contributed by atoms with E-state index in [0.717, 1.165) is 17.3 Å². The smallest absolute Gasteiger partial charge is 0.408 e. The lowest BCUT2D eigenvalue weighted by Gasteiger charge is -2.23. The van der Waals surface area contributed by atoms with Gasteiger partial charge in [-0.3, -0.25) is 19.2 Å². The summed E-state index contributed by atoms with van der Waals surface area (Å²) in [5, 5.41) is 16.0. The maximum Gasteiger partial charge on any atom is 0.408 e. The lowest BCUT2D eigenvalue weighted by Crippen LogP contribution is -2.54. The van der Waals surface area contributed by atoms with Crippen molar-refractivity contribution >= 4 is 40.8 Å². The van der Waals surface area contributed by atoms with E-state index in [1.54, 1.807) is 20.8 Å². The second kappa shape index (κ2) is 13.6. The van der Waals surface area contributed by atoms with Gasteiger partial charge in [-0.1, -0.05) is 42.1 Å². The molecule has 0 saturated carbocycles. The van der Waals surface area contributed by atoms with Gasteiger partial charge in [-0.2, -0.15) is 0 Å². The summed E-state index contributed by atoms with van der Waals surface area (Å²) in [5.41, 5.74) is 0.181. The molecular weight excluding hydrogens is 462 g/mol. The molecule has 188 valence electrons. The van der Waals surface area contributed by atoms with Gasteiger partial charge in [-0.25, -0.2) is 4.79 Å². The van der Waals surface area contributed by atoms with Crippen LogP contribution in [-0.4, -0.2) is 57.8 Å². The van der Waals surface area contributed by atoms with Gasteiger partial charge in [0, 0.05) is 12.2 Å². The lowest BCUT2D eigenvalue weighted by molar-refractivity contribution is -0.137. The third-order valence-electron chi connectivity index (χ3n) is 4.35. The second-order valence-corrected chi connectivity index (χ2v) is 9.66. The number of carbonyl (C=O) groups is 5. The topological polar surface area (TPSA) is 151 Å². The zero-order chi connectivity index (χ0) is 25.9. The van der Waals surface area contributed by atoms with Crippen LogP contribution < -0.4 is 16.0 Å². The Morgan fingerprint density at radius 1 is 0.941 bits per heavy atom. The van der Waals surface area contributed by atoms with E-state index in [2.05, 4.69) is 16.0 Å². The van der Waals surface area contributed by atoms with Crippen LogP contribution in [0.5, 0.6) is 0 Å². The molecule has 0 fully saturated rings. The van der Waals surface area contributed by atoms with Crippen LogP contribution in [0.15, 0.2) is 30.3 Å². The summed E-state index contributed by atoms with van der Waals surface area (Å²) in [7, 11) is 0. The Morgan fingerprint density at radius 3 is 2.06 bits per heavy atom. The van der Waals surface area contributed by atoms with E-state index in [9.17, 15) is 24.0 Å². The zero-order valence-corrected chi connectivity index (χ0v) is 20.9. The molecule has 0 aliphatic carbocycles. The number of ether oxygens (including phenoxy) is 1. The van der Waals surface area contributed by atoms with Gasteiger partial charge in [0.15, 0.2) is 0 Å². The number of aliphatic carboxylic acids is 1. The number of nitrogens with one attached hydrogen (secondary N) is 3. The molecule has 11 heteroatoms. The standard InChI is InChI=1S/C23H33N3O7S/c1-14(24-19(29)15(2)25-22(32)33-23(3,4)5)20(30)26-17(11-12-18(27)28)21(31)34-13-16-9-7-6-8-10-16/h6-10,14-15,17H,11-13H2,1-5H3,(H,24,29)(H,25,32)(H,26,30)(H,27,28)/t14-,15-,17-/m0/s1. The zero-order valence-electron chi connectivity index (χ0n) is 20.0. The fraction of sp³-hybridized carbons (Fsp3) is 0.522. The van der Waals surface area contributed by atoms with Crippen molar-refractivity contribution in [1.82, 2.24) is 16.0 Å². The van der Waals surface area contributed by atoms with Crippen LogP contribution in [0.25, 0.3) is 0 Å². The first-order valence-corrected chi connectivity index (χ1v) is 11.8. The van der Waals surface area contributed by atoms with Crippen LogP contribution in [0.1, 0.15) is 53.0 Å². The molecule has 4 N–H and O–H groups in total. The Kier molecular flexibility index (Phi) is 11.6. The van der Waals surface area contributed by atoms with E-state index in [4.69, 9.17) is 9.84 Å². The summed E-state index contributed by atoms with van der Waals surface area (Å²) < 4.78 is 5.09. The van der Waals surface area contributed by atoms with Gasteiger partial charge >= 0.3 is 12.1 Å². The SMILES string of the molecule is C[C@H](NC(=O)OC(C)(C)C)C(=O)N[C@@H](C)C(=O)N[C@@H](CCC(=O)O)C(=O)SCc1ccccc1. The van der Waals surface area contributed by atoms with Crippen molar-refractivity contribution in [2.24, 2.45) is 0 Å². The van der Waals surface area contributed by atoms with Crippen LogP contribution in [0.3, 0.4) is 0 Å². The fourth-order valence-electron chi connectivity index (χ4n) is 2.60. The summed E-state index contributed by atoms with van der Waals surface area (Å²) in [5.74, 6) is -2.00. The van der Waals surface area contributed by atoms with Gasteiger partial charge < -0.3 is 25.8 Å². The summed E-state index contributed by atoms with van der Waals surface area (Å²) >= 11 is 0.978. The Bertz CT molecular complexity index is 871. The maximum atomic E-state index is 12.7. The number of carboxylic acid groups (broad SMARTS) is 1. The monoisotopic (exact) mass is 495 g/mol. The molecule has 0 spiro atoms. The molecule has 0 saturated heterocycles. The molecule has 0 unspecified atom stereocenters. The molecule has 0 aromatic heterocycles. The van der Waals surface area contributed by atoms with E-state index in [-0.39, 0.29) is 18.0 Å². The number of benzene rings is 1. The summed E-state index contributed by atoms with van der Waals surface area (Å²) in [6, 6.07) is 6.20. The third kappa shape index (κ3) is 11.7. The molecule has 0 radical (unpaired) electrons. The second-order valence-electron chi connectivity index (χ2n) is 8.69. The highest BCUT2D eigenvalue weighted by Gasteiger charge is 2.27. The Balaban J connectivity index is 2.67. The van der Waals surface area contributed by atoms with Crippen molar-refractivity contribution in [3.63, 3.8) is 0 Å². The van der Waals surface area contributed by atoms with Crippen molar-refractivity contribution < 1.29 is 33.8 Å². The summed E-state index contributed by atoms with van der Waals surface area (Å²) in [6.45, 7) is 7.91. The number of carboxylic acids is 1. The Morgan fingerprint density at radius 2 is 1.50 bits per heavy atom. The van der Waals surface area contributed by atoms with Crippen LogP contribution in [0.4, 0.5) is 4.79 Å². The highest BCUT2D eigenvalue weighted by atomic mass is 32.2. The van der Waals surface area contributed by atoms with E-state index in [1.165, 1.54) is 13.8 Å². The molecule has 0 bridgehead atoms. The quantitative estimate of drug-likeness (QED) is 0.365. The highest BCUT2D eigenvalue weighted by molar-refractivity contribution is 8.13. The average Bonchev–Trinajstić information content (AvgIpc) is 2.73. The molecule has 1 aromatic carbocycles. The minimum absolute atomic E-state index is 0.0844. The third-order valence-corrected chi connectivity index (χ3v) is 5.40.